The van der Waals surface area contributed by atoms with Crippen LogP contribution in [0.3, 0.4) is 0 Å². The van der Waals surface area contributed by atoms with Crippen LogP contribution in [-0.4, -0.2) is 63.5 Å². The summed E-state index contributed by atoms with van der Waals surface area (Å²) in [4.78, 5) is 20.0. The molecule has 0 spiro atoms. The molecule has 37 heavy (non-hydrogen) atoms. The van der Waals surface area contributed by atoms with Crippen LogP contribution in [0.1, 0.15) is 5.56 Å². The minimum absolute atomic E-state index is 0.0127. The van der Waals surface area contributed by atoms with Gasteiger partial charge in [0.15, 0.2) is 6.61 Å². The van der Waals surface area contributed by atoms with Crippen molar-refractivity contribution in [2.75, 3.05) is 49.0 Å². The number of carbonyl (C=O) groups is 1. The maximum absolute atomic E-state index is 12.8. The van der Waals surface area contributed by atoms with E-state index in [1.807, 2.05) is 41.4 Å². The Kier molecular flexibility index (Phi) is 7.36. The summed E-state index contributed by atoms with van der Waals surface area (Å²) in [6.07, 6.45) is 2.74. The van der Waals surface area contributed by atoms with Gasteiger partial charge >= 0.3 is 0 Å². The molecule has 0 saturated carbocycles. The Morgan fingerprint density at radius 3 is 2.57 bits per heavy atom. The third-order valence-corrected chi connectivity index (χ3v) is 9.17. The number of ether oxygens (including phenoxy) is 1. The zero-order valence-electron chi connectivity index (χ0n) is 20.2. The van der Waals surface area contributed by atoms with E-state index >= 15 is 0 Å². The largest absolute Gasteiger partial charge is 0.484 e. The van der Waals surface area contributed by atoms with Crippen molar-refractivity contribution in [2.45, 2.75) is 10.6 Å². The van der Waals surface area contributed by atoms with E-state index in [0.717, 1.165) is 28.6 Å². The number of nitrogens with two attached hydrogens (primary N) is 1. The number of hydrogen-bond donors (Lipinski definition) is 3. The van der Waals surface area contributed by atoms with Crippen molar-refractivity contribution in [2.24, 2.45) is 5.73 Å². The molecule has 0 radical (unpaired) electrons. The van der Waals surface area contributed by atoms with Crippen molar-refractivity contribution in [1.29, 1.82) is 0 Å². The highest BCUT2D eigenvalue weighted by atomic mass is 32.2. The standard InChI is InChI=1S/C26H29N5O4S2/c27-10-9-19-17-28-24-8-7-22(16-23(19)24)35-18-25(32)31-13-11-30(12-14-31)21-5-3-20(4-6-21)29-37(33,34)26-2-1-15-36-26/h1-8,15-17,28-29H,9-14,18,27H2. The van der Waals surface area contributed by atoms with Gasteiger partial charge in [-0.15, -0.1) is 11.3 Å². The Morgan fingerprint density at radius 2 is 1.86 bits per heavy atom. The number of rotatable bonds is 9. The van der Waals surface area contributed by atoms with Gasteiger partial charge in [0, 0.05) is 54.7 Å². The third-order valence-electron chi connectivity index (χ3n) is 6.39. The Labute approximate surface area is 219 Å². The summed E-state index contributed by atoms with van der Waals surface area (Å²) in [7, 11) is -3.57. The molecule has 1 aliphatic rings. The number of aromatic amines is 1. The van der Waals surface area contributed by atoms with Gasteiger partial charge in [0.1, 0.15) is 9.96 Å². The fourth-order valence-corrected chi connectivity index (χ4v) is 6.47. The number of aromatic nitrogens is 1. The maximum Gasteiger partial charge on any atom is 0.271 e. The van der Waals surface area contributed by atoms with Gasteiger partial charge in [-0.1, -0.05) is 6.07 Å². The van der Waals surface area contributed by atoms with Gasteiger partial charge in [0.25, 0.3) is 15.9 Å². The second-order valence-electron chi connectivity index (χ2n) is 8.80. The predicted molar refractivity (Wildman–Crippen MR) is 147 cm³/mol. The smallest absolute Gasteiger partial charge is 0.271 e. The lowest BCUT2D eigenvalue weighted by Crippen LogP contribution is -2.50. The van der Waals surface area contributed by atoms with E-state index in [1.54, 1.807) is 29.6 Å². The average Bonchev–Trinajstić information content (AvgIpc) is 3.59. The van der Waals surface area contributed by atoms with Gasteiger partial charge in [-0.05, 0) is 72.4 Å². The molecule has 5 rings (SSSR count). The molecule has 1 aliphatic heterocycles. The first kappa shape index (κ1) is 25.1. The zero-order valence-corrected chi connectivity index (χ0v) is 21.9. The topological polar surface area (TPSA) is 121 Å². The Bertz CT molecular complexity index is 1460. The van der Waals surface area contributed by atoms with E-state index in [-0.39, 0.29) is 16.7 Å². The van der Waals surface area contributed by atoms with Crippen LogP contribution >= 0.6 is 11.3 Å². The fraction of sp³-hybridized carbons (Fsp3) is 0.269. The summed E-state index contributed by atoms with van der Waals surface area (Å²) in [5, 5.41) is 2.80. The van der Waals surface area contributed by atoms with E-state index in [0.29, 0.717) is 44.2 Å². The van der Waals surface area contributed by atoms with Crippen LogP contribution in [0, 0.1) is 0 Å². The molecule has 1 amide bonds. The molecular formula is C26H29N5O4S2. The number of nitrogens with zero attached hydrogens (tertiary/aromatic N) is 2. The van der Waals surface area contributed by atoms with Gasteiger partial charge < -0.3 is 25.3 Å². The average molecular weight is 540 g/mol. The molecule has 3 heterocycles. The van der Waals surface area contributed by atoms with E-state index in [1.165, 1.54) is 11.3 Å². The molecule has 0 atom stereocenters. The van der Waals surface area contributed by atoms with Crippen LogP contribution in [-0.2, 0) is 21.2 Å². The van der Waals surface area contributed by atoms with Gasteiger partial charge in [-0.25, -0.2) is 8.42 Å². The number of anilines is 2. The summed E-state index contributed by atoms with van der Waals surface area (Å²) < 4.78 is 33.5. The minimum Gasteiger partial charge on any atom is -0.484 e. The Balaban J connectivity index is 1.12. The van der Waals surface area contributed by atoms with Gasteiger partial charge in [0.2, 0.25) is 0 Å². The second-order valence-corrected chi connectivity index (χ2v) is 11.7. The molecule has 0 bridgehead atoms. The molecule has 1 fully saturated rings. The lowest BCUT2D eigenvalue weighted by Gasteiger charge is -2.36. The first-order valence-electron chi connectivity index (χ1n) is 12.0. The van der Waals surface area contributed by atoms with Crippen LogP contribution in [0.5, 0.6) is 5.75 Å². The molecule has 0 aliphatic carbocycles. The molecule has 11 heteroatoms. The molecule has 194 valence electrons. The summed E-state index contributed by atoms with van der Waals surface area (Å²) in [5.74, 6) is 0.612. The Hall–Kier alpha value is -3.54. The molecule has 2 aromatic carbocycles. The van der Waals surface area contributed by atoms with E-state index in [2.05, 4.69) is 14.6 Å². The molecule has 9 nitrogen and oxygen atoms in total. The first-order valence-corrected chi connectivity index (χ1v) is 14.4. The Morgan fingerprint density at radius 1 is 1.08 bits per heavy atom. The number of nitrogens with one attached hydrogen (secondary N) is 2. The predicted octanol–water partition coefficient (Wildman–Crippen LogP) is 3.26. The number of piperazine rings is 1. The normalized spacial score (nSPS) is 14.2. The maximum atomic E-state index is 12.8. The van der Waals surface area contributed by atoms with Crippen molar-refractivity contribution in [3.8, 4) is 5.75 Å². The lowest BCUT2D eigenvalue weighted by molar-refractivity contribution is -0.133. The second kappa shape index (κ2) is 10.8. The molecule has 0 unspecified atom stereocenters. The number of H-pyrrole nitrogens is 1. The van der Waals surface area contributed by atoms with Crippen LogP contribution in [0.2, 0.25) is 0 Å². The number of fused-ring (bicyclic) bond motifs is 1. The van der Waals surface area contributed by atoms with E-state index < -0.39 is 10.0 Å². The number of sulfonamides is 1. The molecular weight excluding hydrogens is 510 g/mol. The first-order chi connectivity index (χ1) is 17.9. The quantitative estimate of drug-likeness (QED) is 0.300. The summed E-state index contributed by atoms with van der Waals surface area (Å²) in [6, 6.07) is 16.3. The van der Waals surface area contributed by atoms with Gasteiger partial charge in [-0.2, -0.15) is 0 Å². The molecule has 4 aromatic rings. The van der Waals surface area contributed by atoms with Crippen LogP contribution in [0.4, 0.5) is 11.4 Å². The lowest BCUT2D eigenvalue weighted by atomic mass is 10.1. The van der Waals surface area contributed by atoms with Crippen molar-refractivity contribution < 1.29 is 17.9 Å². The van der Waals surface area contributed by atoms with Crippen molar-refractivity contribution in [1.82, 2.24) is 9.88 Å². The van der Waals surface area contributed by atoms with Crippen LogP contribution < -0.4 is 20.1 Å². The number of carbonyl (C=O) groups excluding carboxylic acids is 1. The van der Waals surface area contributed by atoms with Crippen LogP contribution in [0.15, 0.2) is 70.4 Å². The summed E-state index contributed by atoms with van der Waals surface area (Å²) in [5.41, 5.74) is 9.35. The third kappa shape index (κ3) is 5.74. The zero-order chi connectivity index (χ0) is 25.8. The highest BCUT2D eigenvalue weighted by Gasteiger charge is 2.22. The fourth-order valence-electron chi connectivity index (χ4n) is 4.42. The van der Waals surface area contributed by atoms with E-state index in [4.69, 9.17) is 10.5 Å². The summed E-state index contributed by atoms with van der Waals surface area (Å²) >= 11 is 1.18. The number of thiophene rings is 1. The van der Waals surface area contributed by atoms with Gasteiger partial charge in [-0.3, -0.25) is 9.52 Å². The van der Waals surface area contributed by atoms with Crippen molar-refractivity contribution in [3.05, 3.63) is 71.7 Å². The SMILES string of the molecule is NCCc1c[nH]c2ccc(OCC(=O)N3CCN(c4ccc(NS(=O)(=O)c5cccs5)cc4)CC3)cc12. The monoisotopic (exact) mass is 539 g/mol. The summed E-state index contributed by atoms with van der Waals surface area (Å²) in [6.45, 7) is 3.11. The van der Waals surface area contributed by atoms with Crippen molar-refractivity contribution in [3.63, 3.8) is 0 Å². The molecule has 4 N–H and O–H groups in total. The molecule has 2 aromatic heterocycles. The number of hydrogen-bond acceptors (Lipinski definition) is 7. The number of benzene rings is 2. The highest BCUT2D eigenvalue weighted by molar-refractivity contribution is 7.94. The number of amides is 1. The van der Waals surface area contributed by atoms with Crippen LogP contribution in [0.25, 0.3) is 10.9 Å². The van der Waals surface area contributed by atoms with Crippen molar-refractivity contribution >= 4 is 49.5 Å². The minimum atomic E-state index is -3.57. The molecule has 1 saturated heterocycles. The highest BCUT2D eigenvalue weighted by Crippen LogP contribution is 2.25. The van der Waals surface area contributed by atoms with E-state index in [9.17, 15) is 13.2 Å². The van der Waals surface area contributed by atoms with Gasteiger partial charge in [0.05, 0.1) is 0 Å².